The second-order valence-corrected chi connectivity index (χ2v) is 8.91. The van der Waals surface area contributed by atoms with E-state index >= 15 is 0 Å². The molecule has 32 heavy (non-hydrogen) atoms. The third kappa shape index (κ3) is 6.80. The van der Waals surface area contributed by atoms with Gasteiger partial charge in [-0.3, -0.25) is 9.59 Å². The molecule has 2 aromatic carbocycles. The van der Waals surface area contributed by atoms with E-state index in [0.29, 0.717) is 17.9 Å². The molecule has 1 saturated carbocycles. The molecule has 0 bridgehead atoms. The Bertz CT molecular complexity index is 897. The monoisotopic (exact) mass is 458 g/mol. The third-order valence-corrected chi connectivity index (χ3v) is 6.54. The normalized spacial score (nSPS) is 15.2. The van der Waals surface area contributed by atoms with Gasteiger partial charge in [-0.2, -0.15) is 0 Å². The summed E-state index contributed by atoms with van der Waals surface area (Å²) in [5, 5.41) is 3.80. The van der Waals surface area contributed by atoms with E-state index in [2.05, 4.69) is 5.32 Å². The maximum atomic E-state index is 13.4. The van der Waals surface area contributed by atoms with Crippen molar-refractivity contribution in [1.82, 2.24) is 10.2 Å². The summed E-state index contributed by atoms with van der Waals surface area (Å²) in [7, 11) is 0. The highest BCUT2D eigenvalue weighted by molar-refractivity contribution is 6.31. The molecule has 172 valence electrons. The molecular weight excluding hydrogens is 427 g/mol. The lowest BCUT2D eigenvalue weighted by Crippen LogP contribution is -2.51. The van der Waals surface area contributed by atoms with E-state index in [1.165, 1.54) is 18.6 Å². The molecule has 1 fully saturated rings. The van der Waals surface area contributed by atoms with E-state index in [1.807, 2.05) is 31.2 Å². The van der Waals surface area contributed by atoms with Crippen LogP contribution in [0.15, 0.2) is 48.5 Å². The minimum atomic E-state index is -0.569. The molecule has 3 rings (SSSR count). The van der Waals surface area contributed by atoms with Gasteiger partial charge in [-0.15, -0.1) is 0 Å². The first kappa shape index (κ1) is 24.2. The number of hydrogen-bond donors (Lipinski definition) is 1. The summed E-state index contributed by atoms with van der Waals surface area (Å²) in [5.74, 6) is -0.542. The summed E-state index contributed by atoms with van der Waals surface area (Å²) in [6.07, 6.45) is 6.69. The number of nitrogens with zero attached hydrogens (tertiary/aromatic N) is 1. The zero-order valence-corrected chi connectivity index (χ0v) is 19.4. The van der Waals surface area contributed by atoms with Gasteiger partial charge in [-0.05, 0) is 55.0 Å². The lowest BCUT2D eigenvalue weighted by Gasteiger charge is -2.33. The number of nitrogens with one attached hydrogen (secondary N) is 1. The number of hydrogen-bond acceptors (Lipinski definition) is 2. The molecule has 1 aliphatic carbocycles. The van der Waals surface area contributed by atoms with Crippen molar-refractivity contribution in [2.24, 2.45) is 0 Å². The molecule has 0 radical (unpaired) electrons. The van der Waals surface area contributed by atoms with Crippen molar-refractivity contribution in [2.75, 3.05) is 0 Å². The molecule has 2 aromatic rings. The van der Waals surface area contributed by atoms with Crippen molar-refractivity contribution in [3.8, 4) is 0 Å². The van der Waals surface area contributed by atoms with Crippen molar-refractivity contribution < 1.29 is 14.0 Å². The highest BCUT2D eigenvalue weighted by Crippen LogP contribution is 2.21. The zero-order valence-electron chi connectivity index (χ0n) is 18.7. The third-order valence-electron chi connectivity index (χ3n) is 6.17. The summed E-state index contributed by atoms with van der Waals surface area (Å²) < 4.78 is 13.4. The Balaban J connectivity index is 1.75. The Labute approximate surface area is 195 Å². The first-order chi connectivity index (χ1) is 15.5. The van der Waals surface area contributed by atoms with E-state index in [9.17, 15) is 14.0 Å². The molecule has 2 amide bonds. The first-order valence-corrected chi connectivity index (χ1v) is 11.9. The second-order valence-electron chi connectivity index (χ2n) is 8.51. The predicted octanol–water partition coefficient (Wildman–Crippen LogP) is 5.67. The molecule has 0 aromatic heterocycles. The molecule has 0 heterocycles. The van der Waals surface area contributed by atoms with Gasteiger partial charge in [0.1, 0.15) is 11.9 Å². The Morgan fingerprint density at radius 3 is 2.44 bits per heavy atom. The van der Waals surface area contributed by atoms with Gasteiger partial charge < -0.3 is 10.2 Å². The van der Waals surface area contributed by atoms with Crippen LogP contribution in [-0.4, -0.2) is 28.8 Å². The predicted molar refractivity (Wildman–Crippen MR) is 126 cm³/mol. The van der Waals surface area contributed by atoms with Crippen LogP contribution in [0.3, 0.4) is 0 Å². The summed E-state index contributed by atoms with van der Waals surface area (Å²) in [6, 6.07) is 13.2. The molecule has 4 nitrogen and oxygen atoms in total. The lowest BCUT2D eigenvalue weighted by atomic mass is 9.95. The quantitative estimate of drug-likeness (QED) is 0.526. The average Bonchev–Trinajstić information content (AvgIpc) is 2.80. The Morgan fingerprint density at radius 2 is 1.78 bits per heavy atom. The van der Waals surface area contributed by atoms with Gasteiger partial charge in [0, 0.05) is 24.0 Å². The highest BCUT2D eigenvalue weighted by atomic mass is 35.5. The van der Waals surface area contributed by atoms with Crippen LogP contribution in [0.5, 0.6) is 0 Å². The van der Waals surface area contributed by atoms with E-state index in [-0.39, 0.29) is 36.6 Å². The van der Waals surface area contributed by atoms with Crippen molar-refractivity contribution >= 4 is 23.4 Å². The maximum absolute atomic E-state index is 13.4. The van der Waals surface area contributed by atoms with Crippen LogP contribution in [0.25, 0.3) is 0 Å². The van der Waals surface area contributed by atoms with E-state index in [1.54, 1.807) is 17.0 Å². The van der Waals surface area contributed by atoms with Crippen LogP contribution < -0.4 is 5.32 Å². The van der Waals surface area contributed by atoms with E-state index in [0.717, 1.165) is 36.8 Å². The molecule has 0 spiro atoms. The maximum Gasteiger partial charge on any atom is 0.243 e. The molecule has 0 saturated heterocycles. The number of amides is 2. The largest absolute Gasteiger partial charge is 0.352 e. The van der Waals surface area contributed by atoms with Gasteiger partial charge in [-0.1, -0.05) is 68.1 Å². The number of benzene rings is 2. The fourth-order valence-corrected chi connectivity index (χ4v) is 4.57. The number of rotatable bonds is 9. The van der Waals surface area contributed by atoms with E-state index in [4.69, 9.17) is 11.6 Å². The van der Waals surface area contributed by atoms with Crippen LogP contribution in [0.2, 0.25) is 5.02 Å². The lowest BCUT2D eigenvalue weighted by molar-refractivity contribution is -0.141. The smallest absolute Gasteiger partial charge is 0.243 e. The Morgan fingerprint density at radius 1 is 1.09 bits per heavy atom. The van der Waals surface area contributed by atoms with Crippen LogP contribution >= 0.6 is 11.6 Å². The summed E-state index contributed by atoms with van der Waals surface area (Å²) >= 11 is 6.26. The first-order valence-electron chi connectivity index (χ1n) is 11.6. The van der Waals surface area contributed by atoms with Gasteiger partial charge in [0.15, 0.2) is 0 Å². The molecule has 6 heteroatoms. The molecule has 0 unspecified atom stereocenters. The van der Waals surface area contributed by atoms with Gasteiger partial charge in [0.2, 0.25) is 11.8 Å². The Hall–Kier alpha value is -2.40. The van der Waals surface area contributed by atoms with E-state index < -0.39 is 6.04 Å². The van der Waals surface area contributed by atoms with Crippen LogP contribution in [-0.2, 0) is 22.6 Å². The van der Waals surface area contributed by atoms with Gasteiger partial charge in [0.25, 0.3) is 0 Å². The minimum Gasteiger partial charge on any atom is -0.352 e. The van der Waals surface area contributed by atoms with Crippen molar-refractivity contribution in [1.29, 1.82) is 0 Å². The van der Waals surface area contributed by atoms with Gasteiger partial charge in [-0.25, -0.2) is 4.39 Å². The molecule has 1 N–H and O–H groups in total. The van der Waals surface area contributed by atoms with Crippen LogP contribution in [0, 0.1) is 5.82 Å². The second kappa shape index (κ2) is 12.0. The summed E-state index contributed by atoms with van der Waals surface area (Å²) in [4.78, 5) is 28.1. The van der Waals surface area contributed by atoms with Crippen molar-refractivity contribution in [3.05, 3.63) is 70.5 Å². The highest BCUT2D eigenvalue weighted by Gasteiger charge is 2.30. The average molecular weight is 459 g/mol. The number of aryl methyl sites for hydroxylation is 1. The van der Waals surface area contributed by atoms with Crippen LogP contribution in [0.1, 0.15) is 63.0 Å². The SMILES string of the molecule is CC[C@@H](C(=O)NC1CCCCC1)N(Cc1ccc(F)cc1)C(=O)CCc1ccccc1Cl. The summed E-state index contributed by atoms with van der Waals surface area (Å²) in [5.41, 5.74) is 1.70. The van der Waals surface area contributed by atoms with Gasteiger partial charge >= 0.3 is 0 Å². The van der Waals surface area contributed by atoms with Crippen LogP contribution in [0.4, 0.5) is 4.39 Å². The Kier molecular flexibility index (Phi) is 9.10. The fraction of sp³-hybridized carbons (Fsp3) is 0.462. The zero-order chi connectivity index (χ0) is 22.9. The molecule has 1 atom stereocenters. The molecule has 1 aliphatic rings. The molecule has 0 aliphatic heterocycles. The topological polar surface area (TPSA) is 49.4 Å². The van der Waals surface area contributed by atoms with Crippen molar-refractivity contribution in [3.63, 3.8) is 0 Å². The molecular formula is C26H32ClFN2O2. The fourth-order valence-electron chi connectivity index (χ4n) is 4.34. The summed E-state index contributed by atoms with van der Waals surface area (Å²) in [6.45, 7) is 2.18. The number of carbonyl (C=O) groups is 2. The van der Waals surface area contributed by atoms with Crippen molar-refractivity contribution in [2.45, 2.75) is 76.9 Å². The standard InChI is InChI=1S/C26H32ClFN2O2/c1-2-24(26(32)29-22-9-4-3-5-10-22)30(18-19-12-15-21(28)16-13-19)25(31)17-14-20-8-6-7-11-23(20)27/h6-8,11-13,15-16,22,24H,2-5,9-10,14,17-18H2,1H3,(H,29,32)/t24-/m0/s1. The number of halogens is 2. The van der Waals surface area contributed by atoms with Gasteiger partial charge in [0.05, 0.1) is 0 Å². The number of carbonyl (C=O) groups excluding carboxylic acids is 2. The minimum absolute atomic E-state index is 0.104.